The van der Waals surface area contributed by atoms with Gasteiger partial charge in [-0.1, -0.05) is 24.6 Å². The number of rotatable bonds is 7. The molecule has 0 radical (unpaired) electrons. The van der Waals surface area contributed by atoms with E-state index < -0.39 is 11.9 Å². The van der Waals surface area contributed by atoms with Gasteiger partial charge in [0.2, 0.25) is 5.43 Å². The highest BCUT2D eigenvalue weighted by Crippen LogP contribution is 2.25. The molecule has 0 saturated heterocycles. The second-order valence-corrected chi connectivity index (χ2v) is 7.69. The average Bonchev–Trinajstić information content (AvgIpc) is 3.33. The molecular formula is C23H20ClFN6O. The number of hydrogen-bond donors (Lipinski definition) is 2. The van der Waals surface area contributed by atoms with Crippen LogP contribution in [0.1, 0.15) is 18.7 Å². The lowest BCUT2D eigenvalue weighted by molar-refractivity contribution is 0.580. The van der Waals surface area contributed by atoms with Crippen LogP contribution < -0.4 is 10.7 Å². The summed E-state index contributed by atoms with van der Waals surface area (Å²) in [5.74, 6) is -0.878. The van der Waals surface area contributed by atoms with Crippen LogP contribution in [0.4, 0.5) is 10.1 Å². The number of nitrogens with zero attached hydrogens (tertiary/aromatic N) is 4. The molecule has 2 heterocycles. The Bertz CT molecular complexity index is 1300. The third kappa shape index (κ3) is 4.45. The van der Waals surface area contributed by atoms with E-state index in [1.54, 1.807) is 60.4 Å². The summed E-state index contributed by atoms with van der Waals surface area (Å²) in [5, 5.41) is 20.0. The number of nitrogens with one attached hydrogen (secondary N) is 2. The summed E-state index contributed by atoms with van der Waals surface area (Å²) in [6, 6.07) is 14.2. The van der Waals surface area contributed by atoms with Gasteiger partial charge in [0.25, 0.3) is 0 Å². The van der Waals surface area contributed by atoms with E-state index in [1.165, 1.54) is 29.2 Å². The van der Waals surface area contributed by atoms with Crippen molar-refractivity contribution in [3.8, 4) is 11.4 Å². The van der Waals surface area contributed by atoms with Crippen LogP contribution in [-0.2, 0) is 0 Å². The van der Waals surface area contributed by atoms with E-state index in [4.69, 9.17) is 17.0 Å². The highest BCUT2D eigenvalue weighted by Gasteiger charge is 2.23. The third-order valence-corrected chi connectivity index (χ3v) is 5.25. The van der Waals surface area contributed by atoms with Gasteiger partial charge in [-0.05, 0) is 36.4 Å². The molecule has 0 amide bonds. The van der Waals surface area contributed by atoms with E-state index in [0.717, 1.165) is 0 Å². The first-order valence-electron chi connectivity index (χ1n) is 9.89. The molecule has 0 spiro atoms. The van der Waals surface area contributed by atoms with E-state index in [2.05, 4.69) is 15.5 Å². The first-order chi connectivity index (χ1) is 15.5. The lowest BCUT2D eigenvalue weighted by Crippen LogP contribution is -2.29. The maximum Gasteiger partial charge on any atom is 0.205 e. The molecule has 0 fully saturated rings. The first-order valence-corrected chi connectivity index (χ1v) is 10.3. The summed E-state index contributed by atoms with van der Waals surface area (Å²) < 4.78 is 17.8. The number of halogens is 2. The SMILES string of the molecule is CC(C=N)C(Nc1cccc(Cl)c1)c1nn(-c2ccc(-n3cccn3)cc2F)ccc1=O. The molecule has 9 heteroatoms. The minimum absolute atomic E-state index is 0.166. The largest absolute Gasteiger partial charge is 0.376 e. The minimum Gasteiger partial charge on any atom is -0.376 e. The van der Waals surface area contributed by atoms with Crippen LogP contribution in [0.15, 0.2) is 78.0 Å². The zero-order chi connectivity index (χ0) is 22.7. The van der Waals surface area contributed by atoms with Crippen molar-refractivity contribution >= 4 is 23.5 Å². The number of aromatic nitrogens is 4. The van der Waals surface area contributed by atoms with Crippen molar-refractivity contribution in [3.05, 3.63) is 99.9 Å². The predicted molar refractivity (Wildman–Crippen MR) is 123 cm³/mol. The van der Waals surface area contributed by atoms with Crippen LogP contribution in [0.5, 0.6) is 0 Å². The summed E-state index contributed by atoms with van der Waals surface area (Å²) in [7, 11) is 0. The summed E-state index contributed by atoms with van der Waals surface area (Å²) >= 11 is 6.08. The number of benzene rings is 2. The van der Waals surface area contributed by atoms with Gasteiger partial charge in [-0.15, -0.1) is 0 Å². The molecule has 7 nitrogen and oxygen atoms in total. The van der Waals surface area contributed by atoms with Gasteiger partial charge in [-0.3, -0.25) is 4.79 Å². The molecule has 32 heavy (non-hydrogen) atoms. The maximum atomic E-state index is 14.9. The van der Waals surface area contributed by atoms with Gasteiger partial charge in [-0.2, -0.15) is 10.2 Å². The number of anilines is 1. The van der Waals surface area contributed by atoms with Gasteiger partial charge in [0.15, 0.2) is 5.82 Å². The molecule has 0 aliphatic rings. The fourth-order valence-electron chi connectivity index (χ4n) is 3.32. The summed E-state index contributed by atoms with van der Waals surface area (Å²) in [5.41, 5.74) is 1.28. The number of hydrogen-bond acceptors (Lipinski definition) is 5. The molecule has 2 N–H and O–H groups in total. The van der Waals surface area contributed by atoms with Gasteiger partial charge < -0.3 is 10.7 Å². The standard InChI is InChI=1S/C23H20ClFN6O/c1-15(14-26)22(28-17-5-2-4-16(24)12-17)23-21(32)8-11-31(29-23)20-7-6-18(13-19(20)25)30-10-3-9-27-30/h2-15,22,26,28H,1H3. The molecule has 0 aliphatic heterocycles. The van der Waals surface area contributed by atoms with E-state index in [-0.39, 0.29) is 22.7 Å². The Morgan fingerprint density at radius 1 is 1.12 bits per heavy atom. The smallest absolute Gasteiger partial charge is 0.205 e. The van der Waals surface area contributed by atoms with Crippen LogP contribution in [0.25, 0.3) is 11.4 Å². The lowest BCUT2D eigenvalue weighted by atomic mass is 9.99. The normalized spacial score (nSPS) is 12.8. The average molecular weight is 451 g/mol. The maximum absolute atomic E-state index is 14.9. The molecular weight excluding hydrogens is 431 g/mol. The van der Waals surface area contributed by atoms with Crippen LogP contribution >= 0.6 is 11.6 Å². The molecule has 2 aromatic heterocycles. The van der Waals surface area contributed by atoms with Gasteiger partial charge in [-0.25, -0.2) is 13.8 Å². The van der Waals surface area contributed by atoms with Gasteiger partial charge in [0, 0.05) is 53.6 Å². The van der Waals surface area contributed by atoms with Crippen molar-refractivity contribution in [2.75, 3.05) is 5.32 Å². The van der Waals surface area contributed by atoms with Crippen molar-refractivity contribution < 1.29 is 4.39 Å². The molecule has 2 unspecified atom stereocenters. The van der Waals surface area contributed by atoms with E-state index in [0.29, 0.717) is 16.4 Å². The van der Waals surface area contributed by atoms with Gasteiger partial charge in [0.1, 0.15) is 11.4 Å². The fourth-order valence-corrected chi connectivity index (χ4v) is 3.51. The van der Waals surface area contributed by atoms with Gasteiger partial charge in [0.05, 0.1) is 11.7 Å². The Labute approximate surface area is 188 Å². The molecule has 4 aromatic rings. The molecule has 162 valence electrons. The summed E-state index contributed by atoms with van der Waals surface area (Å²) in [6.45, 7) is 1.80. The zero-order valence-corrected chi connectivity index (χ0v) is 17.9. The second kappa shape index (κ2) is 9.15. The summed E-state index contributed by atoms with van der Waals surface area (Å²) in [4.78, 5) is 12.7. The van der Waals surface area contributed by atoms with Crippen LogP contribution in [0, 0.1) is 17.1 Å². The first kappa shape index (κ1) is 21.5. The predicted octanol–water partition coefficient (Wildman–Crippen LogP) is 4.65. The van der Waals surface area contributed by atoms with Crippen molar-refractivity contribution in [3.63, 3.8) is 0 Å². The molecule has 0 bridgehead atoms. The molecule has 0 saturated carbocycles. The monoisotopic (exact) mass is 450 g/mol. The minimum atomic E-state index is -0.614. The Hall–Kier alpha value is -3.78. The van der Waals surface area contributed by atoms with Gasteiger partial charge >= 0.3 is 0 Å². The Balaban J connectivity index is 1.73. The van der Waals surface area contributed by atoms with E-state index in [1.807, 2.05) is 6.07 Å². The van der Waals surface area contributed by atoms with E-state index in [9.17, 15) is 9.18 Å². The topological polar surface area (TPSA) is 88.6 Å². The molecule has 2 aromatic carbocycles. The highest BCUT2D eigenvalue weighted by molar-refractivity contribution is 6.30. The molecule has 2 atom stereocenters. The highest BCUT2D eigenvalue weighted by atomic mass is 35.5. The molecule has 4 rings (SSSR count). The van der Waals surface area contributed by atoms with Crippen LogP contribution in [0.3, 0.4) is 0 Å². The Morgan fingerprint density at radius 3 is 2.66 bits per heavy atom. The fraction of sp³-hybridized carbons (Fsp3) is 0.130. The van der Waals surface area contributed by atoms with Crippen molar-refractivity contribution in [1.29, 1.82) is 5.41 Å². The molecule has 0 aliphatic carbocycles. The van der Waals surface area contributed by atoms with Crippen molar-refractivity contribution in [2.24, 2.45) is 5.92 Å². The van der Waals surface area contributed by atoms with Crippen LogP contribution in [-0.4, -0.2) is 25.8 Å². The summed E-state index contributed by atoms with van der Waals surface area (Å²) in [6.07, 6.45) is 5.98. The Morgan fingerprint density at radius 2 is 1.97 bits per heavy atom. The second-order valence-electron chi connectivity index (χ2n) is 7.25. The van der Waals surface area contributed by atoms with E-state index >= 15 is 0 Å². The van der Waals surface area contributed by atoms with Crippen molar-refractivity contribution in [1.82, 2.24) is 19.6 Å². The zero-order valence-electron chi connectivity index (χ0n) is 17.1. The Kier molecular flexibility index (Phi) is 6.13. The quantitative estimate of drug-likeness (QED) is 0.401. The third-order valence-electron chi connectivity index (χ3n) is 5.01. The lowest BCUT2D eigenvalue weighted by Gasteiger charge is -2.23. The van der Waals surface area contributed by atoms with Crippen LogP contribution in [0.2, 0.25) is 5.02 Å². The van der Waals surface area contributed by atoms with Crippen molar-refractivity contribution in [2.45, 2.75) is 13.0 Å².